The van der Waals surface area contributed by atoms with E-state index < -0.39 is 34.3 Å². The number of nitrogens with zero attached hydrogens (tertiary/aromatic N) is 2. The number of carbonyl (C=O) groups is 2. The number of hydrogen-bond acceptors (Lipinski definition) is 4. The van der Waals surface area contributed by atoms with Crippen molar-refractivity contribution in [2.45, 2.75) is 50.7 Å². The van der Waals surface area contributed by atoms with E-state index >= 15 is 0 Å². The van der Waals surface area contributed by atoms with Crippen LogP contribution in [0, 0.1) is 5.82 Å². The molecule has 0 aromatic heterocycles. The third-order valence-electron chi connectivity index (χ3n) is 5.74. The molecule has 0 saturated heterocycles. The van der Waals surface area contributed by atoms with E-state index in [2.05, 4.69) is 5.32 Å². The minimum absolute atomic E-state index is 0.0785. The molecule has 0 fully saturated rings. The van der Waals surface area contributed by atoms with Gasteiger partial charge in [0.05, 0.1) is 10.6 Å². The smallest absolute Gasteiger partial charge is 0.264 e. The maximum absolute atomic E-state index is 14.9. The second-order valence-corrected chi connectivity index (χ2v) is 10.7. The standard InChI is InChI=1S/C28H32FN3O4S/c1-4-25(28(34)30-21(2)3)31(19-22-13-7-5-8-14-22)27(33)20-32(26-18-12-11-17-24(26)29)37(35,36)23-15-9-6-10-16-23/h5-18,21,25H,4,19-20H2,1-3H3,(H,30,34)/t25-/m0/s1. The summed E-state index contributed by atoms with van der Waals surface area (Å²) in [5.74, 6) is -1.75. The van der Waals surface area contributed by atoms with Crippen molar-refractivity contribution in [3.63, 3.8) is 0 Å². The van der Waals surface area contributed by atoms with Gasteiger partial charge >= 0.3 is 0 Å². The number of rotatable bonds is 11. The summed E-state index contributed by atoms with van der Waals surface area (Å²) in [7, 11) is -4.30. The van der Waals surface area contributed by atoms with Gasteiger partial charge in [-0.25, -0.2) is 12.8 Å². The minimum atomic E-state index is -4.30. The van der Waals surface area contributed by atoms with Crippen LogP contribution in [-0.4, -0.2) is 43.8 Å². The molecular formula is C28H32FN3O4S. The van der Waals surface area contributed by atoms with Gasteiger partial charge < -0.3 is 10.2 Å². The number of anilines is 1. The van der Waals surface area contributed by atoms with Crippen LogP contribution in [0.25, 0.3) is 0 Å². The van der Waals surface area contributed by atoms with Gasteiger partial charge in [-0.05, 0) is 50.1 Å². The predicted octanol–water partition coefficient (Wildman–Crippen LogP) is 4.35. The maximum atomic E-state index is 14.9. The van der Waals surface area contributed by atoms with Crippen molar-refractivity contribution in [1.29, 1.82) is 0 Å². The van der Waals surface area contributed by atoms with Crippen molar-refractivity contribution >= 4 is 27.5 Å². The molecule has 0 spiro atoms. The highest BCUT2D eigenvalue weighted by Crippen LogP contribution is 2.27. The van der Waals surface area contributed by atoms with Gasteiger partial charge in [-0.2, -0.15) is 0 Å². The van der Waals surface area contributed by atoms with Crippen LogP contribution in [0.4, 0.5) is 10.1 Å². The Morgan fingerprint density at radius 3 is 2.03 bits per heavy atom. The van der Waals surface area contributed by atoms with Crippen LogP contribution in [-0.2, 0) is 26.2 Å². The third kappa shape index (κ3) is 6.95. The molecule has 3 rings (SSSR count). The van der Waals surface area contributed by atoms with Crippen molar-refractivity contribution in [3.05, 3.63) is 96.3 Å². The first-order valence-corrected chi connectivity index (χ1v) is 13.5. The molecule has 0 unspecified atom stereocenters. The summed E-state index contributed by atoms with van der Waals surface area (Å²) in [6.07, 6.45) is 0.308. The van der Waals surface area contributed by atoms with E-state index in [0.717, 1.165) is 15.9 Å². The predicted molar refractivity (Wildman–Crippen MR) is 142 cm³/mol. The molecule has 0 aliphatic heterocycles. The summed E-state index contributed by atoms with van der Waals surface area (Å²) in [6.45, 7) is 4.82. The second kappa shape index (κ2) is 12.5. The molecular weight excluding hydrogens is 493 g/mol. The van der Waals surface area contributed by atoms with E-state index in [9.17, 15) is 22.4 Å². The van der Waals surface area contributed by atoms with E-state index in [1.54, 1.807) is 25.1 Å². The van der Waals surface area contributed by atoms with Gasteiger partial charge in [0, 0.05) is 12.6 Å². The van der Waals surface area contributed by atoms with Crippen LogP contribution in [0.2, 0.25) is 0 Å². The summed E-state index contributed by atoms with van der Waals surface area (Å²) in [4.78, 5) is 28.2. The van der Waals surface area contributed by atoms with Gasteiger partial charge in [0.15, 0.2) is 0 Å². The lowest BCUT2D eigenvalue weighted by Gasteiger charge is -2.33. The number of carbonyl (C=O) groups excluding carboxylic acids is 2. The third-order valence-corrected chi connectivity index (χ3v) is 7.52. The molecule has 1 atom stereocenters. The first-order chi connectivity index (χ1) is 17.6. The Hall–Kier alpha value is -3.72. The number of benzene rings is 3. The van der Waals surface area contributed by atoms with Crippen LogP contribution in [0.3, 0.4) is 0 Å². The summed E-state index contributed by atoms with van der Waals surface area (Å²) in [6, 6.07) is 21.1. The number of sulfonamides is 1. The Morgan fingerprint density at radius 2 is 1.46 bits per heavy atom. The monoisotopic (exact) mass is 525 g/mol. The zero-order valence-electron chi connectivity index (χ0n) is 21.2. The van der Waals surface area contributed by atoms with Crippen molar-refractivity contribution in [2.75, 3.05) is 10.8 Å². The van der Waals surface area contributed by atoms with E-state index in [4.69, 9.17) is 0 Å². The average Bonchev–Trinajstić information content (AvgIpc) is 2.88. The Balaban J connectivity index is 2.05. The molecule has 196 valence electrons. The quantitative estimate of drug-likeness (QED) is 0.403. The van der Waals surface area contributed by atoms with E-state index in [1.807, 2.05) is 44.2 Å². The summed E-state index contributed by atoms with van der Waals surface area (Å²) >= 11 is 0. The maximum Gasteiger partial charge on any atom is 0.264 e. The molecule has 0 aliphatic carbocycles. The first kappa shape index (κ1) is 27.9. The van der Waals surface area contributed by atoms with Gasteiger partial charge in [-0.1, -0.05) is 67.6 Å². The van der Waals surface area contributed by atoms with Crippen LogP contribution in [0.15, 0.2) is 89.8 Å². The Bertz CT molecular complexity index is 1300. The summed E-state index contributed by atoms with van der Waals surface area (Å²) in [5, 5.41) is 2.84. The number of para-hydroxylation sites is 1. The fourth-order valence-electron chi connectivity index (χ4n) is 3.97. The number of nitrogens with one attached hydrogen (secondary N) is 1. The lowest BCUT2D eigenvalue weighted by Crippen LogP contribution is -2.53. The highest BCUT2D eigenvalue weighted by molar-refractivity contribution is 7.92. The summed E-state index contributed by atoms with van der Waals surface area (Å²) < 4.78 is 42.9. The zero-order chi connectivity index (χ0) is 27.0. The average molecular weight is 526 g/mol. The first-order valence-electron chi connectivity index (χ1n) is 12.1. The van der Waals surface area contributed by atoms with Crippen LogP contribution in [0.1, 0.15) is 32.8 Å². The van der Waals surface area contributed by atoms with Gasteiger partial charge in [0.25, 0.3) is 10.0 Å². The molecule has 9 heteroatoms. The van der Waals surface area contributed by atoms with E-state index in [-0.39, 0.29) is 29.1 Å². The number of hydrogen-bond donors (Lipinski definition) is 1. The van der Waals surface area contributed by atoms with Crippen molar-refractivity contribution in [1.82, 2.24) is 10.2 Å². The highest BCUT2D eigenvalue weighted by atomic mass is 32.2. The lowest BCUT2D eigenvalue weighted by atomic mass is 10.1. The molecule has 0 bridgehead atoms. The van der Waals surface area contributed by atoms with Crippen LogP contribution in [0.5, 0.6) is 0 Å². The normalized spacial score (nSPS) is 12.1. The number of amides is 2. The fraction of sp³-hybridized carbons (Fsp3) is 0.286. The molecule has 7 nitrogen and oxygen atoms in total. The Labute approximate surface area is 218 Å². The molecule has 2 amide bonds. The van der Waals surface area contributed by atoms with Gasteiger partial charge in [0.2, 0.25) is 11.8 Å². The van der Waals surface area contributed by atoms with E-state index in [0.29, 0.717) is 6.42 Å². The SMILES string of the molecule is CC[C@@H](C(=O)NC(C)C)N(Cc1ccccc1)C(=O)CN(c1ccccc1F)S(=O)(=O)c1ccccc1. The minimum Gasteiger partial charge on any atom is -0.352 e. The molecule has 37 heavy (non-hydrogen) atoms. The summed E-state index contributed by atoms with van der Waals surface area (Å²) in [5.41, 5.74) is 0.522. The molecule has 0 saturated carbocycles. The Kier molecular flexibility index (Phi) is 9.41. The van der Waals surface area contributed by atoms with E-state index in [1.165, 1.54) is 35.2 Å². The van der Waals surface area contributed by atoms with Crippen LogP contribution >= 0.6 is 0 Å². The fourth-order valence-corrected chi connectivity index (χ4v) is 5.41. The van der Waals surface area contributed by atoms with Gasteiger partial charge in [-0.15, -0.1) is 0 Å². The molecule has 3 aromatic rings. The van der Waals surface area contributed by atoms with Crippen LogP contribution < -0.4 is 9.62 Å². The van der Waals surface area contributed by atoms with Gasteiger partial charge in [0.1, 0.15) is 18.4 Å². The topological polar surface area (TPSA) is 86.8 Å². The van der Waals surface area contributed by atoms with Crippen molar-refractivity contribution in [2.24, 2.45) is 0 Å². The van der Waals surface area contributed by atoms with Gasteiger partial charge in [-0.3, -0.25) is 13.9 Å². The zero-order valence-corrected chi connectivity index (χ0v) is 22.0. The molecule has 1 N–H and O–H groups in total. The molecule has 3 aromatic carbocycles. The molecule has 0 radical (unpaired) electrons. The largest absolute Gasteiger partial charge is 0.352 e. The van der Waals surface area contributed by atoms with Crippen molar-refractivity contribution in [3.8, 4) is 0 Å². The Morgan fingerprint density at radius 1 is 0.892 bits per heavy atom. The molecule has 0 heterocycles. The highest BCUT2D eigenvalue weighted by Gasteiger charge is 2.34. The number of halogens is 1. The molecule has 0 aliphatic rings. The lowest BCUT2D eigenvalue weighted by molar-refractivity contribution is -0.140. The second-order valence-electron chi connectivity index (χ2n) is 8.87. The van der Waals surface area contributed by atoms with Crippen molar-refractivity contribution < 1.29 is 22.4 Å².